The van der Waals surface area contributed by atoms with E-state index in [2.05, 4.69) is 24.4 Å². The van der Waals surface area contributed by atoms with E-state index >= 15 is 0 Å². The molecule has 106 valence electrons. The summed E-state index contributed by atoms with van der Waals surface area (Å²) in [5.74, 6) is 0. The summed E-state index contributed by atoms with van der Waals surface area (Å²) in [6.45, 7) is 4.91. The summed E-state index contributed by atoms with van der Waals surface area (Å²) >= 11 is 5.90. The zero-order valence-corrected chi connectivity index (χ0v) is 12.5. The number of methoxy groups -OCH3 is 1. The van der Waals surface area contributed by atoms with E-state index in [0.29, 0.717) is 6.04 Å². The molecule has 1 fully saturated rings. The predicted octanol–water partition coefficient (Wildman–Crippen LogP) is 3.18. The van der Waals surface area contributed by atoms with Crippen LogP contribution in [0.15, 0.2) is 24.3 Å². The molecular formula is C15H22ClNO2. The molecule has 0 spiro atoms. The van der Waals surface area contributed by atoms with Crippen molar-refractivity contribution in [3.63, 3.8) is 0 Å². The first-order valence-corrected chi connectivity index (χ1v) is 7.19. The van der Waals surface area contributed by atoms with Gasteiger partial charge in [0.25, 0.3) is 0 Å². The summed E-state index contributed by atoms with van der Waals surface area (Å²) in [6.07, 6.45) is 1.38. The quantitative estimate of drug-likeness (QED) is 0.870. The molecule has 0 saturated heterocycles. The monoisotopic (exact) mass is 283 g/mol. The van der Waals surface area contributed by atoms with Gasteiger partial charge in [0, 0.05) is 30.8 Å². The van der Waals surface area contributed by atoms with Crippen molar-refractivity contribution < 1.29 is 9.47 Å². The van der Waals surface area contributed by atoms with Crippen LogP contribution in [0.3, 0.4) is 0 Å². The Morgan fingerprint density at radius 2 is 2.05 bits per heavy atom. The highest BCUT2D eigenvalue weighted by Gasteiger charge is 2.42. The van der Waals surface area contributed by atoms with Crippen LogP contribution in [-0.4, -0.2) is 32.0 Å². The van der Waals surface area contributed by atoms with E-state index in [0.717, 1.165) is 18.1 Å². The lowest BCUT2D eigenvalue weighted by Crippen LogP contribution is -2.60. The van der Waals surface area contributed by atoms with Crippen molar-refractivity contribution >= 4 is 11.6 Å². The Labute approximate surface area is 120 Å². The number of hydrogen-bond donors (Lipinski definition) is 1. The van der Waals surface area contributed by atoms with Crippen LogP contribution >= 0.6 is 11.6 Å². The second-order valence-electron chi connectivity index (χ2n) is 4.98. The molecule has 3 nitrogen and oxygen atoms in total. The van der Waals surface area contributed by atoms with Gasteiger partial charge in [-0.05, 0) is 38.0 Å². The highest BCUT2D eigenvalue weighted by Crippen LogP contribution is 2.29. The van der Waals surface area contributed by atoms with E-state index < -0.39 is 0 Å². The van der Waals surface area contributed by atoms with Gasteiger partial charge in [0.05, 0.1) is 12.2 Å². The van der Waals surface area contributed by atoms with Gasteiger partial charge in [0.2, 0.25) is 0 Å². The SMILES string of the molecule is CCOC1CC(N[C@@H](C)c2ccc(Cl)cc2)C1OC. The Bertz CT molecular complexity index is 396. The number of ether oxygens (including phenoxy) is 2. The first-order valence-electron chi connectivity index (χ1n) is 6.81. The Morgan fingerprint density at radius 1 is 1.37 bits per heavy atom. The van der Waals surface area contributed by atoms with Crippen LogP contribution in [0.4, 0.5) is 0 Å². The van der Waals surface area contributed by atoms with Crippen LogP contribution in [0.2, 0.25) is 5.02 Å². The molecule has 0 bridgehead atoms. The molecule has 3 unspecified atom stereocenters. The van der Waals surface area contributed by atoms with Crippen molar-refractivity contribution in [1.29, 1.82) is 0 Å². The highest BCUT2D eigenvalue weighted by atomic mass is 35.5. The molecule has 1 aromatic carbocycles. The number of rotatable bonds is 6. The minimum atomic E-state index is 0.148. The molecule has 0 radical (unpaired) electrons. The standard InChI is InChI=1S/C15H22ClNO2/c1-4-19-14-9-13(15(14)18-3)17-10(2)11-5-7-12(16)8-6-11/h5-8,10,13-15,17H,4,9H2,1-3H3/t10-,13?,14?,15?/m0/s1. The maximum absolute atomic E-state index is 5.90. The molecule has 2 rings (SSSR count). The molecule has 0 heterocycles. The summed E-state index contributed by atoms with van der Waals surface area (Å²) in [5, 5.41) is 4.36. The van der Waals surface area contributed by atoms with Crippen molar-refractivity contribution in [3.05, 3.63) is 34.9 Å². The fraction of sp³-hybridized carbons (Fsp3) is 0.600. The van der Waals surface area contributed by atoms with E-state index in [1.54, 1.807) is 7.11 Å². The molecule has 1 aliphatic carbocycles. The van der Waals surface area contributed by atoms with Gasteiger partial charge in [0.1, 0.15) is 0 Å². The average molecular weight is 284 g/mol. The van der Waals surface area contributed by atoms with Gasteiger partial charge in [-0.15, -0.1) is 0 Å². The number of halogens is 1. The first kappa shape index (κ1) is 14.8. The van der Waals surface area contributed by atoms with Crippen molar-refractivity contribution in [1.82, 2.24) is 5.32 Å². The average Bonchev–Trinajstić information content (AvgIpc) is 2.38. The van der Waals surface area contributed by atoms with E-state index in [-0.39, 0.29) is 18.2 Å². The molecule has 1 saturated carbocycles. The Balaban J connectivity index is 1.89. The first-order chi connectivity index (χ1) is 9.15. The van der Waals surface area contributed by atoms with Crippen molar-refractivity contribution in [3.8, 4) is 0 Å². The summed E-state index contributed by atoms with van der Waals surface area (Å²) in [7, 11) is 1.75. The van der Waals surface area contributed by atoms with Crippen LogP contribution in [0.1, 0.15) is 31.9 Å². The molecule has 4 heteroatoms. The lowest BCUT2D eigenvalue weighted by Gasteiger charge is -2.44. The maximum atomic E-state index is 5.90. The molecule has 0 amide bonds. The van der Waals surface area contributed by atoms with Gasteiger partial charge in [-0.25, -0.2) is 0 Å². The minimum absolute atomic E-state index is 0.148. The van der Waals surface area contributed by atoms with Gasteiger partial charge in [-0.3, -0.25) is 0 Å². The Hall–Kier alpha value is -0.610. The Kier molecular flexibility index (Phi) is 5.22. The normalized spacial score (nSPS) is 27.9. The van der Waals surface area contributed by atoms with Crippen molar-refractivity contribution in [2.24, 2.45) is 0 Å². The molecule has 1 aliphatic rings. The van der Waals surface area contributed by atoms with E-state index in [1.165, 1.54) is 5.56 Å². The minimum Gasteiger partial charge on any atom is -0.377 e. The third kappa shape index (κ3) is 3.48. The third-order valence-corrected chi connectivity index (χ3v) is 3.99. The van der Waals surface area contributed by atoms with Crippen molar-refractivity contribution in [2.45, 2.75) is 44.6 Å². The largest absolute Gasteiger partial charge is 0.377 e. The summed E-state index contributed by atoms with van der Waals surface area (Å²) in [4.78, 5) is 0. The fourth-order valence-electron chi connectivity index (χ4n) is 2.61. The molecule has 0 aromatic heterocycles. The smallest absolute Gasteiger partial charge is 0.0987 e. The second-order valence-corrected chi connectivity index (χ2v) is 5.41. The third-order valence-electron chi connectivity index (χ3n) is 3.74. The highest BCUT2D eigenvalue weighted by molar-refractivity contribution is 6.30. The van der Waals surface area contributed by atoms with Gasteiger partial charge < -0.3 is 14.8 Å². The molecular weight excluding hydrogens is 262 g/mol. The lowest BCUT2D eigenvalue weighted by atomic mass is 9.84. The maximum Gasteiger partial charge on any atom is 0.0987 e. The number of nitrogens with one attached hydrogen (secondary N) is 1. The molecule has 0 aliphatic heterocycles. The van der Waals surface area contributed by atoms with Gasteiger partial charge >= 0.3 is 0 Å². The van der Waals surface area contributed by atoms with E-state index in [4.69, 9.17) is 21.1 Å². The van der Waals surface area contributed by atoms with Crippen LogP contribution in [0.25, 0.3) is 0 Å². The van der Waals surface area contributed by atoms with E-state index in [9.17, 15) is 0 Å². The van der Waals surface area contributed by atoms with Crippen LogP contribution < -0.4 is 5.32 Å². The van der Waals surface area contributed by atoms with Gasteiger partial charge in [0.15, 0.2) is 0 Å². The van der Waals surface area contributed by atoms with Crippen LogP contribution in [0, 0.1) is 0 Å². The van der Waals surface area contributed by atoms with Crippen molar-refractivity contribution in [2.75, 3.05) is 13.7 Å². The van der Waals surface area contributed by atoms with Crippen LogP contribution in [-0.2, 0) is 9.47 Å². The molecule has 4 atom stereocenters. The fourth-order valence-corrected chi connectivity index (χ4v) is 2.73. The van der Waals surface area contributed by atoms with Crippen LogP contribution in [0.5, 0.6) is 0 Å². The summed E-state index contributed by atoms with van der Waals surface area (Å²) in [5.41, 5.74) is 1.24. The van der Waals surface area contributed by atoms with E-state index in [1.807, 2.05) is 19.1 Å². The summed E-state index contributed by atoms with van der Waals surface area (Å²) in [6, 6.07) is 8.59. The zero-order valence-electron chi connectivity index (χ0n) is 11.7. The topological polar surface area (TPSA) is 30.5 Å². The number of hydrogen-bond acceptors (Lipinski definition) is 3. The zero-order chi connectivity index (χ0) is 13.8. The molecule has 19 heavy (non-hydrogen) atoms. The molecule has 1 N–H and O–H groups in total. The lowest BCUT2D eigenvalue weighted by molar-refractivity contribution is -0.133. The predicted molar refractivity (Wildman–Crippen MR) is 77.6 cm³/mol. The van der Waals surface area contributed by atoms with Gasteiger partial charge in [-0.1, -0.05) is 23.7 Å². The van der Waals surface area contributed by atoms with Gasteiger partial charge in [-0.2, -0.15) is 0 Å². The molecule has 1 aromatic rings. The Morgan fingerprint density at radius 3 is 2.63 bits per heavy atom. The second kappa shape index (κ2) is 6.71. The number of benzene rings is 1. The summed E-state index contributed by atoms with van der Waals surface area (Å²) < 4.78 is 11.1.